The standard InChI is InChI=1S/C29H34F6N6O2.ClH/c1-3-39(11-6-5-10-26(42)43)25-15-21-9-7-8-20(21)14-22(25)18-40(27-36-38-41(4-2)37-27)17-19-12-23(28(30,31)32)16-24(13-19)29(33,34)35;/h12-16H,3-11,17-18H2,1-2H3,(H,42,43);1H. The van der Waals surface area contributed by atoms with Gasteiger partial charge in [0.15, 0.2) is 0 Å². The summed E-state index contributed by atoms with van der Waals surface area (Å²) in [5.41, 5.74) is 1.06. The number of carboxylic acids is 1. The van der Waals surface area contributed by atoms with Crippen LogP contribution in [0.2, 0.25) is 0 Å². The first-order valence-electron chi connectivity index (χ1n) is 14.2. The van der Waals surface area contributed by atoms with Gasteiger partial charge in [-0.15, -0.1) is 17.5 Å². The van der Waals surface area contributed by atoms with Gasteiger partial charge in [0.05, 0.1) is 17.7 Å². The van der Waals surface area contributed by atoms with Gasteiger partial charge in [-0.1, -0.05) is 11.2 Å². The quantitative estimate of drug-likeness (QED) is 0.159. The fourth-order valence-electron chi connectivity index (χ4n) is 5.34. The van der Waals surface area contributed by atoms with E-state index in [0.29, 0.717) is 32.5 Å². The van der Waals surface area contributed by atoms with Crippen molar-refractivity contribution in [2.24, 2.45) is 0 Å². The zero-order chi connectivity index (χ0) is 31.4. The highest BCUT2D eigenvalue weighted by atomic mass is 35.5. The molecular formula is C29H35ClF6N6O2. The fourth-order valence-corrected chi connectivity index (χ4v) is 5.34. The smallest absolute Gasteiger partial charge is 0.416 e. The molecule has 1 heterocycles. The van der Waals surface area contributed by atoms with E-state index in [4.69, 9.17) is 5.11 Å². The molecule has 0 atom stereocenters. The Morgan fingerprint density at radius 1 is 0.909 bits per heavy atom. The number of hydrogen-bond acceptors (Lipinski definition) is 6. The number of benzene rings is 2. The molecule has 1 aliphatic rings. The maximum Gasteiger partial charge on any atom is 0.416 e. The van der Waals surface area contributed by atoms with Crippen molar-refractivity contribution in [1.29, 1.82) is 0 Å². The van der Waals surface area contributed by atoms with Crippen LogP contribution in [-0.4, -0.2) is 44.4 Å². The molecule has 44 heavy (non-hydrogen) atoms. The second kappa shape index (κ2) is 14.5. The molecule has 2 aromatic carbocycles. The molecule has 0 saturated heterocycles. The summed E-state index contributed by atoms with van der Waals surface area (Å²) in [6.07, 6.45) is -6.02. The van der Waals surface area contributed by atoms with Crippen LogP contribution in [0.4, 0.5) is 38.0 Å². The highest BCUT2D eigenvalue weighted by Gasteiger charge is 2.37. The number of alkyl halides is 6. The van der Waals surface area contributed by atoms with Gasteiger partial charge in [-0.3, -0.25) is 4.79 Å². The minimum atomic E-state index is -4.97. The highest BCUT2D eigenvalue weighted by Crippen LogP contribution is 2.37. The summed E-state index contributed by atoms with van der Waals surface area (Å²) in [4.78, 5) is 15.9. The molecule has 242 valence electrons. The largest absolute Gasteiger partial charge is 0.481 e. The van der Waals surface area contributed by atoms with Crippen molar-refractivity contribution in [2.75, 3.05) is 22.9 Å². The zero-order valence-electron chi connectivity index (χ0n) is 24.4. The lowest BCUT2D eigenvalue weighted by Crippen LogP contribution is -2.29. The third-order valence-corrected chi connectivity index (χ3v) is 7.47. The summed E-state index contributed by atoms with van der Waals surface area (Å²) in [5, 5.41) is 21.4. The van der Waals surface area contributed by atoms with Gasteiger partial charge in [-0.05, 0) is 97.7 Å². The van der Waals surface area contributed by atoms with Crippen molar-refractivity contribution >= 4 is 30.0 Å². The molecule has 0 spiro atoms. The van der Waals surface area contributed by atoms with Crippen LogP contribution in [0.3, 0.4) is 0 Å². The van der Waals surface area contributed by atoms with E-state index in [1.54, 1.807) is 6.92 Å². The van der Waals surface area contributed by atoms with Crippen LogP contribution < -0.4 is 9.80 Å². The fraction of sp³-hybridized carbons (Fsp3) is 0.517. The van der Waals surface area contributed by atoms with Crippen LogP contribution in [-0.2, 0) is 49.6 Å². The van der Waals surface area contributed by atoms with E-state index in [2.05, 4.69) is 26.4 Å². The summed E-state index contributed by atoms with van der Waals surface area (Å²) in [7, 11) is 0. The number of carbonyl (C=O) groups is 1. The molecule has 3 aromatic rings. The van der Waals surface area contributed by atoms with E-state index in [1.807, 2.05) is 13.0 Å². The van der Waals surface area contributed by atoms with Crippen molar-refractivity contribution in [1.82, 2.24) is 20.2 Å². The molecule has 4 rings (SSSR count). The number of fused-ring (bicyclic) bond motifs is 1. The van der Waals surface area contributed by atoms with Crippen molar-refractivity contribution in [2.45, 2.75) is 84.4 Å². The maximum absolute atomic E-state index is 13.6. The number of aromatic nitrogens is 4. The number of aliphatic carboxylic acids is 1. The van der Waals surface area contributed by atoms with Crippen LogP contribution >= 0.6 is 12.4 Å². The number of carboxylic acid groups (broad SMARTS) is 1. The second-order valence-corrected chi connectivity index (χ2v) is 10.6. The van der Waals surface area contributed by atoms with Crippen LogP contribution in [0.25, 0.3) is 0 Å². The molecule has 1 N–H and O–H groups in total. The number of aryl methyl sites for hydroxylation is 3. The molecule has 15 heteroatoms. The van der Waals surface area contributed by atoms with Gasteiger partial charge < -0.3 is 14.9 Å². The Hall–Kier alpha value is -3.55. The normalized spacial score (nSPS) is 13.0. The van der Waals surface area contributed by atoms with Crippen LogP contribution in [0, 0.1) is 0 Å². The van der Waals surface area contributed by atoms with Gasteiger partial charge in [0, 0.05) is 38.3 Å². The Morgan fingerprint density at radius 3 is 2.09 bits per heavy atom. The number of halogens is 7. The van der Waals surface area contributed by atoms with Gasteiger partial charge >= 0.3 is 18.3 Å². The highest BCUT2D eigenvalue weighted by molar-refractivity contribution is 5.85. The summed E-state index contributed by atoms with van der Waals surface area (Å²) in [6.45, 7) is 5.09. The Labute approximate surface area is 257 Å². The average Bonchev–Trinajstić information content (AvgIpc) is 3.60. The predicted molar refractivity (Wildman–Crippen MR) is 155 cm³/mol. The number of rotatable bonds is 13. The Bertz CT molecular complexity index is 1400. The average molecular weight is 649 g/mol. The molecule has 0 saturated carbocycles. The van der Waals surface area contributed by atoms with Gasteiger partial charge in [0.2, 0.25) is 0 Å². The lowest BCUT2D eigenvalue weighted by molar-refractivity contribution is -0.143. The molecular weight excluding hydrogens is 614 g/mol. The first-order valence-corrected chi connectivity index (χ1v) is 14.2. The Kier molecular flexibility index (Phi) is 11.5. The molecule has 0 bridgehead atoms. The molecule has 8 nitrogen and oxygen atoms in total. The zero-order valence-corrected chi connectivity index (χ0v) is 25.2. The van der Waals surface area contributed by atoms with Crippen molar-refractivity contribution in [3.8, 4) is 0 Å². The maximum atomic E-state index is 13.6. The third-order valence-electron chi connectivity index (χ3n) is 7.47. The minimum Gasteiger partial charge on any atom is -0.481 e. The van der Waals surface area contributed by atoms with Crippen molar-refractivity contribution < 1.29 is 36.2 Å². The molecule has 1 aliphatic carbocycles. The van der Waals surface area contributed by atoms with E-state index < -0.39 is 29.4 Å². The summed E-state index contributed by atoms with van der Waals surface area (Å²) < 4.78 is 81.7. The molecule has 0 fully saturated rings. The van der Waals surface area contributed by atoms with Gasteiger partial charge in [-0.25, -0.2) is 0 Å². The van der Waals surface area contributed by atoms with E-state index in [1.165, 1.54) is 15.3 Å². The Balaban J connectivity index is 0.00000529. The SMILES string of the molecule is CCN(CCCCC(=O)O)c1cc2c(cc1CN(Cc1cc(C(F)(F)F)cc(C(F)(F)F)c1)c1nnn(CC)n1)CCC2.Cl. The first-order chi connectivity index (χ1) is 20.3. The first kappa shape index (κ1) is 34.9. The number of anilines is 2. The van der Waals surface area contributed by atoms with Crippen LogP contribution in [0.15, 0.2) is 30.3 Å². The van der Waals surface area contributed by atoms with Gasteiger partial charge in [0.25, 0.3) is 5.95 Å². The van der Waals surface area contributed by atoms with Crippen molar-refractivity contribution in [3.05, 3.63) is 63.7 Å². The van der Waals surface area contributed by atoms with Gasteiger partial charge in [-0.2, -0.15) is 31.1 Å². The molecule has 0 amide bonds. The van der Waals surface area contributed by atoms with E-state index in [-0.39, 0.29) is 49.5 Å². The summed E-state index contributed by atoms with van der Waals surface area (Å²) in [5.74, 6) is -0.795. The lowest BCUT2D eigenvalue weighted by atomic mass is 10.0. The monoisotopic (exact) mass is 648 g/mol. The van der Waals surface area contributed by atoms with Crippen molar-refractivity contribution in [3.63, 3.8) is 0 Å². The Morgan fingerprint density at radius 2 is 1.55 bits per heavy atom. The molecule has 0 aliphatic heterocycles. The number of hydrogen-bond donors (Lipinski definition) is 1. The topological polar surface area (TPSA) is 87.4 Å². The van der Waals surface area contributed by atoms with E-state index >= 15 is 0 Å². The number of unbranched alkanes of at least 4 members (excludes halogenated alkanes) is 1. The predicted octanol–water partition coefficient (Wildman–Crippen LogP) is 6.93. The van der Waals surface area contributed by atoms with E-state index in [0.717, 1.165) is 48.2 Å². The lowest BCUT2D eigenvalue weighted by Gasteiger charge is -2.29. The van der Waals surface area contributed by atoms with E-state index in [9.17, 15) is 31.1 Å². The number of nitrogens with zero attached hydrogens (tertiary/aromatic N) is 6. The summed E-state index contributed by atoms with van der Waals surface area (Å²) >= 11 is 0. The second-order valence-electron chi connectivity index (χ2n) is 10.6. The number of tetrazole rings is 1. The van der Waals surface area contributed by atoms with Crippen LogP contribution in [0.5, 0.6) is 0 Å². The molecule has 0 radical (unpaired) electrons. The van der Waals surface area contributed by atoms with Crippen LogP contribution in [0.1, 0.15) is 72.9 Å². The summed E-state index contributed by atoms with van der Waals surface area (Å²) in [6, 6.07) is 5.69. The minimum absolute atomic E-state index is 0. The molecule has 0 unspecified atom stereocenters. The van der Waals surface area contributed by atoms with Gasteiger partial charge in [0.1, 0.15) is 0 Å². The molecule has 1 aromatic heterocycles. The third kappa shape index (κ3) is 8.76.